The third-order valence-corrected chi connectivity index (χ3v) is 7.03. The highest BCUT2D eigenvalue weighted by Crippen LogP contribution is 2.29. The summed E-state index contributed by atoms with van der Waals surface area (Å²) in [6.45, 7) is 9.34. The first-order valence-corrected chi connectivity index (χ1v) is 12.0. The summed E-state index contributed by atoms with van der Waals surface area (Å²) in [6.07, 6.45) is 3.78. The van der Waals surface area contributed by atoms with E-state index in [-0.39, 0.29) is 17.8 Å². The molecule has 4 rings (SSSR count). The quantitative estimate of drug-likeness (QED) is 0.529. The fourth-order valence-corrected chi connectivity index (χ4v) is 4.84. The molecule has 2 aromatic heterocycles. The van der Waals surface area contributed by atoms with Gasteiger partial charge in [-0.15, -0.1) is 10.2 Å². The molecule has 33 heavy (non-hydrogen) atoms. The second-order valence-corrected chi connectivity index (χ2v) is 9.34. The molecular weight excluding hydrogens is 436 g/mol. The molecule has 1 aliphatic rings. The van der Waals surface area contributed by atoms with Gasteiger partial charge in [-0.1, -0.05) is 23.9 Å². The van der Waals surface area contributed by atoms with E-state index in [1.54, 1.807) is 6.33 Å². The number of hydrogen-bond acceptors (Lipinski definition) is 6. The van der Waals surface area contributed by atoms with Crippen molar-refractivity contribution >= 4 is 23.5 Å². The Kier molecular flexibility index (Phi) is 6.86. The molecule has 0 spiro atoms. The Balaban J connectivity index is 1.51. The van der Waals surface area contributed by atoms with Crippen LogP contribution in [0.25, 0.3) is 5.69 Å². The number of ether oxygens (including phenoxy) is 1. The lowest BCUT2D eigenvalue weighted by Gasteiger charge is -2.17. The van der Waals surface area contributed by atoms with E-state index in [1.165, 1.54) is 11.8 Å². The number of nitrogens with one attached hydrogen (secondary N) is 1. The number of nitrogens with zero attached hydrogens (tertiary/aromatic N) is 5. The number of hydrogen-bond donors (Lipinski definition) is 1. The van der Waals surface area contributed by atoms with Gasteiger partial charge in [-0.05, 0) is 63.3 Å². The van der Waals surface area contributed by atoms with Crippen LogP contribution in [0.2, 0.25) is 0 Å². The lowest BCUT2D eigenvalue weighted by molar-refractivity contribution is -0.113. The first-order valence-electron chi connectivity index (χ1n) is 11.0. The molecule has 1 aromatic carbocycles. The summed E-state index contributed by atoms with van der Waals surface area (Å²) in [6, 6.07) is 8.45. The van der Waals surface area contributed by atoms with Crippen molar-refractivity contribution in [3.05, 3.63) is 52.5 Å². The van der Waals surface area contributed by atoms with E-state index in [0.717, 1.165) is 47.5 Å². The third-order valence-electron chi connectivity index (χ3n) is 6.08. The van der Waals surface area contributed by atoms with Gasteiger partial charge >= 0.3 is 0 Å². The monoisotopic (exact) mass is 464 g/mol. The molecule has 3 aromatic rings. The van der Waals surface area contributed by atoms with Crippen LogP contribution in [0.4, 0.5) is 5.82 Å². The minimum absolute atomic E-state index is 0.100. The van der Waals surface area contributed by atoms with Crippen molar-refractivity contribution < 1.29 is 9.53 Å². The van der Waals surface area contributed by atoms with Gasteiger partial charge in [-0.25, -0.2) is 0 Å². The van der Waals surface area contributed by atoms with Crippen LogP contribution in [0.1, 0.15) is 40.8 Å². The molecule has 1 aliphatic heterocycles. The zero-order chi connectivity index (χ0) is 23.5. The van der Waals surface area contributed by atoms with Gasteiger partial charge < -0.3 is 14.6 Å². The maximum atomic E-state index is 12.9. The maximum Gasteiger partial charge on any atom is 0.235 e. The van der Waals surface area contributed by atoms with Gasteiger partial charge in [0.1, 0.15) is 18.2 Å². The second-order valence-electron chi connectivity index (χ2n) is 8.40. The van der Waals surface area contributed by atoms with E-state index in [0.29, 0.717) is 23.1 Å². The average Bonchev–Trinajstić information content (AvgIpc) is 3.52. The molecule has 1 atom stereocenters. The molecule has 0 aliphatic carbocycles. The Labute approximate surface area is 198 Å². The Morgan fingerprint density at radius 3 is 2.88 bits per heavy atom. The molecule has 1 saturated heterocycles. The largest absolute Gasteiger partial charge is 0.376 e. The van der Waals surface area contributed by atoms with Gasteiger partial charge in [0.25, 0.3) is 0 Å². The Morgan fingerprint density at radius 2 is 2.15 bits per heavy atom. The van der Waals surface area contributed by atoms with Crippen LogP contribution in [0.3, 0.4) is 0 Å². The van der Waals surface area contributed by atoms with Gasteiger partial charge in [0, 0.05) is 12.3 Å². The number of carbonyl (C=O) groups is 1. The molecule has 1 fully saturated rings. The lowest BCUT2D eigenvalue weighted by atomic mass is 10.1. The van der Waals surface area contributed by atoms with E-state index < -0.39 is 0 Å². The molecule has 172 valence electrons. The number of nitriles is 1. The van der Waals surface area contributed by atoms with Crippen molar-refractivity contribution in [2.75, 3.05) is 17.7 Å². The van der Waals surface area contributed by atoms with Crippen molar-refractivity contribution in [1.82, 2.24) is 19.3 Å². The van der Waals surface area contributed by atoms with Crippen LogP contribution in [0.15, 0.2) is 29.7 Å². The lowest BCUT2D eigenvalue weighted by Crippen LogP contribution is -2.22. The molecule has 0 saturated carbocycles. The number of thioether (sulfide) groups is 1. The number of benzene rings is 1. The summed E-state index contributed by atoms with van der Waals surface area (Å²) >= 11 is 1.31. The van der Waals surface area contributed by atoms with Gasteiger partial charge in [0.05, 0.1) is 29.7 Å². The number of anilines is 1. The van der Waals surface area contributed by atoms with Crippen LogP contribution >= 0.6 is 11.8 Å². The topological polar surface area (TPSA) is 97.8 Å². The van der Waals surface area contributed by atoms with Crippen LogP contribution in [-0.4, -0.2) is 43.7 Å². The Morgan fingerprint density at radius 1 is 1.33 bits per heavy atom. The zero-order valence-electron chi connectivity index (χ0n) is 19.4. The predicted octanol–water partition coefficient (Wildman–Crippen LogP) is 4.08. The molecule has 0 unspecified atom stereocenters. The highest BCUT2D eigenvalue weighted by molar-refractivity contribution is 7.99. The van der Waals surface area contributed by atoms with Crippen molar-refractivity contribution in [3.8, 4) is 11.8 Å². The van der Waals surface area contributed by atoms with Gasteiger partial charge in [0.2, 0.25) is 5.91 Å². The number of amides is 1. The molecule has 1 N–H and O–H groups in total. The van der Waals surface area contributed by atoms with Crippen LogP contribution < -0.4 is 5.32 Å². The van der Waals surface area contributed by atoms with Gasteiger partial charge in [0.15, 0.2) is 5.16 Å². The minimum atomic E-state index is -0.196. The number of carbonyl (C=O) groups excluding carboxylic acids is 1. The smallest absolute Gasteiger partial charge is 0.235 e. The van der Waals surface area contributed by atoms with Gasteiger partial charge in [-0.3, -0.25) is 9.36 Å². The third kappa shape index (κ3) is 4.82. The molecular formula is C24H28N6O2S. The minimum Gasteiger partial charge on any atom is -0.376 e. The number of rotatable bonds is 7. The second kappa shape index (κ2) is 9.81. The van der Waals surface area contributed by atoms with E-state index in [9.17, 15) is 10.1 Å². The molecule has 9 heteroatoms. The van der Waals surface area contributed by atoms with Crippen LogP contribution in [0.5, 0.6) is 0 Å². The normalized spacial score (nSPS) is 15.5. The van der Waals surface area contributed by atoms with Crippen molar-refractivity contribution in [2.24, 2.45) is 0 Å². The van der Waals surface area contributed by atoms with Crippen molar-refractivity contribution in [1.29, 1.82) is 5.26 Å². The number of aromatic nitrogens is 4. The fraction of sp³-hybridized carbons (Fsp3) is 0.417. The average molecular weight is 465 g/mol. The van der Waals surface area contributed by atoms with Crippen LogP contribution in [0, 0.1) is 39.0 Å². The Hall–Kier alpha value is -3.09. The standard InChI is InChI=1S/C24H28N6O2S/c1-15-7-8-16(2)21(10-15)30-14-26-28-24(30)33-13-22(31)27-23-20(11-25)17(3)18(4)29(23)12-19-6-5-9-32-19/h7-8,10,14,19H,5-6,9,12-13H2,1-4H3,(H,27,31)/t19-/m0/s1. The van der Waals surface area contributed by atoms with E-state index >= 15 is 0 Å². The molecule has 8 nitrogen and oxygen atoms in total. The first-order chi connectivity index (χ1) is 15.9. The van der Waals surface area contributed by atoms with E-state index in [1.807, 2.05) is 36.8 Å². The Bertz CT molecular complexity index is 1220. The fourth-order valence-electron chi connectivity index (χ4n) is 4.12. The highest BCUT2D eigenvalue weighted by Gasteiger charge is 2.24. The van der Waals surface area contributed by atoms with Crippen molar-refractivity contribution in [3.63, 3.8) is 0 Å². The molecule has 1 amide bonds. The summed E-state index contributed by atoms with van der Waals surface area (Å²) in [4.78, 5) is 12.9. The van der Waals surface area contributed by atoms with E-state index in [2.05, 4.69) is 39.8 Å². The van der Waals surface area contributed by atoms with Crippen LogP contribution in [-0.2, 0) is 16.1 Å². The predicted molar refractivity (Wildman–Crippen MR) is 128 cm³/mol. The van der Waals surface area contributed by atoms with Gasteiger partial charge in [-0.2, -0.15) is 5.26 Å². The maximum absolute atomic E-state index is 12.9. The summed E-state index contributed by atoms with van der Waals surface area (Å²) in [5.74, 6) is 0.500. The molecule has 0 radical (unpaired) electrons. The molecule has 0 bridgehead atoms. The van der Waals surface area contributed by atoms with Crippen molar-refractivity contribution in [2.45, 2.75) is 58.3 Å². The summed E-state index contributed by atoms with van der Waals surface area (Å²) in [5, 5.41) is 21.6. The SMILES string of the molecule is Cc1ccc(C)c(-n2cnnc2SCC(=O)Nc2c(C#N)c(C)c(C)n2C[C@@H]2CCCO2)c1. The summed E-state index contributed by atoms with van der Waals surface area (Å²) in [5.41, 5.74) is 5.59. The molecule has 3 heterocycles. The summed E-state index contributed by atoms with van der Waals surface area (Å²) < 4.78 is 9.69. The first kappa shape index (κ1) is 23.1. The highest BCUT2D eigenvalue weighted by atomic mass is 32.2. The summed E-state index contributed by atoms with van der Waals surface area (Å²) in [7, 11) is 0. The van der Waals surface area contributed by atoms with E-state index in [4.69, 9.17) is 4.74 Å². The number of aryl methyl sites for hydroxylation is 2. The zero-order valence-corrected chi connectivity index (χ0v) is 20.2.